The third-order valence-corrected chi connectivity index (χ3v) is 7.50. The van der Waals surface area contributed by atoms with Crippen LogP contribution in [0.5, 0.6) is 5.75 Å². The molecule has 0 spiro atoms. The van der Waals surface area contributed by atoms with Crippen molar-refractivity contribution in [1.82, 2.24) is 9.38 Å². The quantitative estimate of drug-likeness (QED) is 0.162. The fourth-order valence-corrected chi connectivity index (χ4v) is 5.51. The molecular formula is C30H29ClF4N4O2. The van der Waals surface area contributed by atoms with Gasteiger partial charge in [-0.15, -0.1) is 13.2 Å². The van der Waals surface area contributed by atoms with Crippen LogP contribution in [-0.2, 0) is 12.8 Å². The zero-order valence-corrected chi connectivity index (χ0v) is 23.3. The van der Waals surface area contributed by atoms with Gasteiger partial charge in [-0.25, -0.2) is 9.37 Å². The Labute approximate surface area is 240 Å². The van der Waals surface area contributed by atoms with E-state index in [9.17, 15) is 18.0 Å². The van der Waals surface area contributed by atoms with Crippen LogP contribution in [0.1, 0.15) is 42.0 Å². The molecule has 41 heavy (non-hydrogen) atoms. The van der Waals surface area contributed by atoms with E-state index in [1.165, 1.54) is 18.2 Å². The van der Waals surface area contributed by atoms with Crippen molar-refractivity contribution in [3.05, 3.63) is 88.6 Å². The molecule has 1 aliphatic rings. The lowest BCUT2D eigenvalue weighted by Crippen LogP contribution is -2.52. The van der Waals surface area contributed by atoms with Gasteiger partial charge in [-0.1, -0.05) is 24.6 Å². The summed E-state index contributed by atoms with van der Waals surface area (Å²) in [5.74, 6) is -0.714. The average Bonchev–Trinajstić information content (AvgIpc) is 3.29. The Bertz CT molecular complexity index is 1550. The van der Waals surface area contributed by atoms with E-state index in [0.717, 1.165) is 11.3 Å². The number of aromatic nitrogens is 2. The second-order valence-electron chi connectivity index (χ2n) is 10.1. The van der Waals surface area contributed by atoms with Crippen molar-refractivity contribution in [2.24, 2.45) is 0 Å². The van der Waals surface area contributed by atoms with Gasteiger partial charge in [-0.3, -0.25) is 9.20 Å². The molecule has 1 atom stereocenters. The monoisotopic (exact) mass is 588 g/mol. The molecule has 0 unspecified atom stereocenters. The van der Waals surface area contributed by atoms with Crippen molar-refractivity contribution in [2.75, 3.05) is 29.4 Å². The van der Waals surface area contributed by atoms with E-state index in [2.05, 4.69) is 14.6 Å². The topological polar surface area (TPSA) is 50.1 Å². The van der Waals surface area contributed by atoms with E-state index in [0.29, 0.717) is 60.2 Å². The number of Topliss-reactive ketones (excluding diaryl/α,β-unsaturated/α-hetero) is 1. The summed E-state index contributed by atoms with van der Waals surface area (Å²) in [5, 5.41) is 0.507. The lowest BCUT2D eigenvalue weighted by atomic mass is 10.0. The fourth-order valence-electron chi connectivity index (χ4n) is 5.35. The minimum absolute atomic E-state index is 0.0124. The number of halogens is 5. The van der Waals surface area contributed by atoms with Crippen LogP contribution in [0.15, 0.2) is 60.8 Å². The molecule has 2 aromatic heterocycles. The Morgan fingerprint density at radius 3 is 2.51 bits per heavy atom. The first-order chi connectivity index (χ1) is 19.5. The maximum Gasteiger partial charge on any atom is 0.573 e. The number of nitrogens with zero attached hydrogens (tertiary/aromatic N) is 4. The highest BCUT2D eigenvalue weighted by Gasteiger charge is 2.31. The molecule has 3 heterocycles. The molecule has 0 radical (unpaired) electrons. The number of pyridine rings is 1. The maximum absolute atomic E-state index is 15.3. The van der Waals surface area contributed by atoms with Crippen molar-refractivity contribution in [3.63, 3.8) is 0 Å². The number of aryl methyl sites for hydroxylation is 2. The van der Waals surface area contributed by atoms with Crippen LogP contribution in [0, 0.1) is 5.82 Å². The molecule has 4 aromatic rings. The number of imidazole rings is 1. The Morgan fingerprint density at radius 2 is 1.85 bits per heavy atom. The van der Waals surface area contributed by atoms with Crippen LogP contribution < -0.4 is 14.5 Å². The molecule has 1 aliphatic heterocycles. The molecule has 0 bridgehead atoms. The molecule has 11 heteroatoms. The minimum Gasteiger partial charge on any atom is -0.406 e. The highest BCUT2D eigenvalue weighted by atomic mass is 35.5. The van der Waals surface area contributed by atoms with Crippen LogP contribution >= 0.6 is 11.6 Å². The number of alkyl halides is 3. The van der Waals surface area contributed by atoms with Gasteiger partial charge >= 0.3 is 6.36 Å². The highest BCUT2D eigenvalue weighted by Crippen LogP contribution is 2.30. The molecule has 5 rings (SSSR count). The molecule has 216 valence electrons. The van der Waals surface area contributed by atoms with Gasteiger partial charge in [0.05, 0.1) is 16.4 Å². The molecule has 1 saturated heterocycles. The number of carbonyl (C=O) groups is 1. The molecule has 1 fully saturated rings. The van der Waals surface area contributed by atoms with Crippen LogP contribution in [0.3, 0.4) is 0 Å². The van der Waals surface area contributed by atoms with Crippen molar-refractivity contribution in [1.29, 1.82) is 0 Å². The first kappa shape index (κ1) is 28.7. The van der Waals surface area contributed by atoms with Gasteiger partial charge in [0.2, 0.25) is 0 Å². The number of anilines is 2. The van der Waals surface area contributed by atoms with Crippen LogP contribution in [0.2, 0.25) is 5.02 Å². The van der Waals surface area contributed by atoms with Gasteiger partial charge < -0.3 is 14.5 Å². The zero-order valence-electron chi connectivity index (χ0n) is 22.6. The second-order valence-corrected chi connectivity index (χ2v) is 10.5. The Balaban J connectivity index is 1.22. The fraction of sp³-hybridized carbons (Fsp3) is 0.333. The summed E-state index contributed by atoms with van der Waals surface area (Å²) in [6.45, 7) is 5.57. The Hall–Kier alpha value is -3.79. The predicted octanol–water partition coefficient (Wildman–Crippen LogP) is 7.12. The summed E-state index contributed by atoms with van der Waals surface area (Å²) in [6.07, 6.45) is -1.87. The first-order valence-electron chi connectivity index (χ1n) is 13.4. The summed E-state index contributed by atoms with van der Waals surface area (Å²) in [5.41, 5.74) is 3.84. The number of carbonyl (C=O) groups excluding carboxylic acids is 1. The van der Waals surface area contributed by atoms with E-state index in [4.69, 9.17) is 11.6 Å². The molecule has 0 N–H and O–H groups in total. The number of hydrogen-bond donors (Lipinski definition) is 0. The Morgan fingerprint density at radius 1 is 1.10 bits per heavy atom. The van der Waals surface area contributed by atoms with Crippen LogP contribution in [-0.4, -0.2) is 47.2 Å². The number of fused-ring (bicyclic) bond motifs is 1. The number of ketones is 1. The standard InChI is InChI=1S/C30H29ClF4N4O2/c1-3-25-29(39-18-21(31)6-13-28(39)36-25)27(40)12-5-20-4-11-26(24(32)16-20)37-14-15-38(19(2)17-37)22-7-9-23(10-8-22)41-30(33,34)35/h4,6-11,13,16,18-19H,3,5,12,14-15,17H2,1-2H3/t19-/m0/s1. The molecule has 6 nitrogen and oxygen atoms in total. The van der Waals surface area contributed by atoms with Crippen LogP contribution in [0.4, 0.5) is 28.9 Å². The zero-order chi connectivity index (χ0) is 29.3. The largest absolute Gasteiger partial charge is 0.573 e. The minimum atomic E-state index is -4.74. The molecular weight excluding hydrogens is 560 g/mol. The SMILES string of the molecule is CCc1nc2ccc(Cl)cn2c1C(=O)CCc1ccc(N2CCN(c3ccc(OC(F)(F)F)cc3)[C@@H](C)C2)c(F)c1. The van der Waals surface area contributed by atoms with E-state index < -0.39 is 6.36 Å². The highest BCUT2D eigenvalue weighted by molar-refractivity contribution is 6.30. The smallest absolute Gasteiger partial charge is 0.406 e. The number of piperazine rings is 1. The van der Waals surface area contributed by atoms with E-state index in [1.54, 1.807) is 40.9 Å². The normalized spacial score (nSPS) is 15.9. The second kappa shape index (κ2) is 11.6. The maximum atomic E-state index is 15.3. The average molecular weight is 589 g/mol. The number of benzene rings is 2. The predicted molar refractivity (Wildman–Crippen MR) is 151 cm³/mol. The van der Waals surface area contributed by atoms with Crippen LogP contribution in [0.25, 0.3) is 5.65 Å². The molecule has 2 aromatic carbocycles. The number of ether oxygens (including phenoxy) is 1. The van der Waals surface area contributed by atoms with Gasteiger partial charge in [0, 0.05) is 44.0 Å². The first-order valence-corrected chi connectivity index (χ1v) is 13.8. The summed E-state index contributed by atoms with van der Waals surface area (Å²) >= 11 is 6.14. The van der Waals surface area contributed by atoms with Gasteiger partial charge in [-0.05, 0) is 73.9 Å². The van der Waals surface area contributed by atoms with Crippen molar-refractivity contribution in [3.8, 4) is 5.75 Å². The summed E-state index contributed by atoms with van der Waals surface area (Å²) in [7, 11) is 0. The molecule has 0 saturated carbocycles. The summed E-state index contributed by atoms with van der Waals surface area (Å²) in [6, 6.07) is 14.3. The van der Waals surface area contributed by atoms with Gasteiger partial charge in [0.15, 0.2) is 5.78 Å². The lowest BCUT2D eigenvalue weighted by Gasteiger charge is -2.42. The Kier molecular flexibility index (Phi) is 8.13. The van der Waals surface area contributed by atoms with Crippen molar-refractivity contribution in [2.45, 2.75) is 45.5 Å². The third kappa shape index (κ3) is 6.43. The van der Waals surface area contributed by atoms with Crippen molar-refractivity contribution >= 4 is 34.4 Å². The van der Waals surface area contributed by atoms with E-state index in [1.807, 2.05) is 24.8 Å². The van der Waals surface area contributed by atoms with Gasteiger partial charge in [0.25, 0.3) is 0 Å². The van der Waals surface area contributed by atoms with Gasteiger partial charge in [0.1, 0.15) is 22.9 Å². The molecule has 0 aliphatic carbocycles. The van der Waals surface area contributed by atoms with Crippen molar-refractivity contribution < 1.29 is 27.1 Å². The van der Waals surface area contributed by atoms with Gasteiger partial charge in [-0.2, -0.15) is 0 Å². The number of hydrogen-bond acceptors (Lipinski definition) is 5. The number of rotatable bonds is 8. The lowest BCUT2D eigenvalue weighted by molar-refractivity contribution is -0.274. The third-order valence-electron chi connectivity index (χ3n) is 7.28. The molecule has 0 amide bonds. The summed E-state index contributed by atoms with van der Waals surface area (Å²) < 4.78 is 58.3. The van der Waals surface area contributed by atoms with E-state index in [-0.39, 0.29) is 29.8 Å². The summed E-state index contributed by atoms with van der Waals surface area (Å²) in [4.78, 5) is 21.8. The van der Waals surface area contributed by atoms with E-state index >= 15 is 4.39 Å².